The van der Waals surface area contributed by atoms with Gasteiger partial charge >= 0.3 is 0 Å². The topological polar surface area (TPSA) is 82.1 Å². The molecule has 1 fully saturated rings. The first-order valence-electron chi connectivity index (χ1n) is 7.44. The second-order valence-corrected chi connectivity index (χ2v) is 6.20. The molecule has 1 aliphatic rings. The monoisotopic (exact) mass is 519 g/mol. The Bertz CT molecular complexity index is 613. The Hall–Kier alpha value is -0.712. The van der Waals surface area contributed by atoms with Crippen molar-refractivity contribution >= 4 is 9.39 Å². The molecule has 0 radical (unpaired) electrons. The SMILES string of the molecule is CON.[CH2-]N1CCC(c2ccccc2)(c2nnn(P)n2)C(C)C1.[W]. The molecule has 1 aliphatic heterocycles. The van der Waals surface area contributed by atoms with Gasteiger partial charge in [0.25, 0.3) is 0 Å². The number of piperidine rings is 1. The quantitative estimate of drug-likeness (QED) is 0.366. The van der Waals surface area contributed by atoms with Crippen LogP contribution < -0.4 is 5.90 Å². The van der Waals surface area contributed by atoms with Crippen LogP contribution in [0.4, 0.5) is 0 Å². The van der Waals surface area contributed by atoms with Gasteiger partial charge in [0.05, 0.1) is 12.5 Å². The first kappa shape index (κ1) is 21.3. The van der Waals surface area contributed by atoms with Gasteiger partial charge in [-0.3, -0.25) is 7.05 Å². The summed E-state index contributed by atoms with van der Waals surface area (Å²) < 4.78 is 1.46. The molecule has 3 rings (SSSR count). The van der Waals surface area contributed by atoms with Gasteiger partial charge in [-0.25, -0.2) is 5.90 Å². The van der Waals surface area contributed by atoms with Crippen LogP contribution >= 0.6 is 9.39 Å². The summed E-state index contributed by atoms with van der Waals surface area (Å²) in [7, 11) is 7.92. The summed E-state index contributed by atoms with van der Waals surface area (Å²) >= 11 is 0. The van der Waals surface area contributed by atoms with Crippen molar-refractivity contribution < 1.29 is 25.9 Å². The predicted octanol–water partition coefficient (Wildman–Crippen LogP) is 1.23. The molecule has 0 bridgehead atoms. The Labute approximate surface area is 159 Å². The smallest absolute Gasteiger partial charge is 0.185 e. The van der Waals surface area contributed by atoms with Crippen LogP contribution in [0, 0.1) is 13.0 Å². The number of rotatable bonds is 2. The Kier molecular flexibility index (Phi) is 8.61. The third-order valence-corrected chi connectivity index (χ3v) is 4.53. The molecule has 2 aromatic rings. The zero-order chi connectivity index (χ0) is 16.9. The Balaban J connectivity index is 0.000000671. The Morgan fingerprint density at radius 2 is 2.00 bits per heavy atom. The minimum absolute atomic E-state index is 0. The van der Waals surface area contributed by atoms with Crippen LogP contribution in [-0.4, -0.2) is 45.1 Å². The van der Waals surface area contributed by atoms with Crippen molar-refractivity contribution in [3.05, 3.63) is 48.8 Å². The fourth-order valence-electron chi connectivity index (χ4n) is 3.24. The molecule has 2 heterocycles. The third kappa shape index (κ3) is 4.47. The molecular weight excluding hydrogens is 495 g/mol. The second kappa shape index (κ2) is 9.69. The number of aromatic nitrogens is 4. The number of hydrogen-bond donors (Lipinski definition) is 1. The maximum absolute atomic E-state index is 4.48. The summed E-state index contributed by atoms with van der Waals surface area (Å²) in [6, 6.07) is 10.5. The van der Waals surface area contributed by atoms with E-state index in [0.717, 1.165) is 25.3 Å². The Morgan fingerprint density at radius 3 is 2.50 bits per heavy atom. The first-order chi connectivity index (χ1) is 11.0. The fourth-order valence-corrected chi connectivity index (χ4v) is 3.41. The molecule has 0 amide bonds. The van der Waals surface area contributed by atoms with Gasteiger partial charge in [0.1, 0.15) is 0 Å². The van der Waals surface area contributed by atoms with Gasteiger partial charge in [-0.1, -0.05) is 37.3 Å². The number of benzene rings is 1. The summed E-state index contributed by atoms with van der Waals surface area (Å²) in [4.78, 5) is 5.87. The van der Waals surface area contributed by atoms with Crippen molar-refractivity contribution in [3.8, 4) is 0 Å². The minimum Gasteiger partial charge on any atom is -0.459 e. The molecular formula is C15H24N6OPW-. The molecule has 1 aromatic heterocycles. The van der Waals surface area contributed by atoms with E-state index < -0.39 is 0 Å². The third-order valence-electron chi connectivity index (χ3n) is 4.31. The average Bonchev–Trinajstić information content (AvgIpc) is 2.96. The van der Waals surface area contributed by atoms with Crippen LogP contribution in [0.2, 0.25) is 0 Å². The summed E-state index contributed by atoms with van der Waals surface area (Å²) in [5, 5.41) is 12.8. The maximum Gasteiger partial charge on any atom is 0.185 e. The van der Waals surface area contributed by atoms with Crippen LogP contribution in [0.3, 0.4) is 0 Å². The molecule has 132 valence electrons. The molecule has 3 atom stereocenters. The number of nitrogens with zero attached hydrogens (tertiary/aromatic N) is 5. The molecule has 1 aromatic carbocycles. The molecule has 2 N–H and O–H groups in total. The predicted molar refractivity (Wildman–Crippen MR) is 92.1 cm³/mol. The van der Waals surface area contributed by atoms with Crippen molar-refractivity contribution in [2.24, 2.45) is 11.8 Å². The van der Waals surface area contributed by atoms with Gasteiger partial charge in [0.15, 0.2) is 5.82 Å². The molecule has 1 saturated heterocycles. The zero-order valence-corrected chi connectivity index (χ0v) is 18.1. The number of nitrogens with two attached hydrogens (primary N) is 1. The van der Waals surface area contributed by atoms with E-state index in [9.17, 15) is 0 Å². The average molecular weight is 519 g/mol. The molecule has 0 aliphatic carbocycles. The number of hydrogen-bond acceptors (Lipinski definition) is 6. The van der Waals surface area contributed by atoms with Gasteiger partial charge in [0, 0.05) is 30.5 Å². The summed E-state index contributed by atoms with van der Waals surface area (Å²) in [5.74, 6) is 5.53. The van der Waals surface area contributed by atoms with E-state index in [2.05, 4.69) is 78.7 Å². The molecule has 24 heavy (non-hydrogen) atoms. The normalized spacial score (nSPS) is 23.8. The minimum atomic E-state index is -0.176. The van der Waals surface area contributed by atoms with Gasteiger partial charge in [-0.15, -0.1) is 10.2 Å². The fraction of sp³-hybridized carbons (Fsp3) is 0.467. The van der Waals surface area contributed by atoms with Gasteiger partial charge in [0.2, 0.25) is 0 Å². The van der Waals surface area contributed by atoms with Crippen molar-refractivity contribution in [1.82, 2.24) is 24.9 Å². The second-order valence-electron chi connectivity index (χ2n) is 5.73. The molecule has 0 saturated carbocycles. The van der Waals surface area contributed by atoms with E-state index in [0.29, 0.717) is 5.92 Å². The van der Waals surface area contributed by atoms with E-state index in [4.69, 9.17) is 0 Å². The molecule has 9 heteroatoms. The van der Waals surface area contributed by atoms with Crippen LogP contribution in [0.5, 0.6) is 0 Å². The molecule has 7 nitrogen and oxygen atoms in total. The van der Waals surface area contributed by atoms with Crippen molar-refractivity contribution in [2.45, 2.75) is 18.8 Å². The zero-order valence-electron chi connectivity index (χ0n) is 14.0. The van der Waals surface area contributed by atoms with Gasteiger partial charge in [-0.05, 0) is 36.2 Å². The summed E-state index contributed by atoms with van der Waals surface area (Å²) in [6.07, 6.45) is 0.956. The standard InChI is InChI=1S/C14H19N5P.CH5NO.W/c1-11-10-18(2)9-8-14(11,12-6-4-3-5-7-12)13-15-17-19(20)16-13;1-3-2;/h3-7,11H,2,8-10,20H2,1H3;2H2,1H3;/q-1;;. The summed E-state index contributed by atoms with van der Waals surface area (Å²) in [6.45, 7) is 4.11. The van der Waals surface area contributed by atoms with Crippen LogP contribution in [0.25, 0.3) is 0 Å². The van der Waals surface area contributed by atoms with Crippen LogP contribution in [-0.2, 0) is 31.3 Å². The first-order valence-corrected chi connectivity index (χ1v) is 7.95. The molecule has 3 unspecified atom stereocenters. The number of likely N-dealkylation sites (tertiary alicyclic amines) is 1. The summed E-state index contributed by atoms with van der Waals surface area (Å²) in [5.41, 5.74) is 1.09. The van der Waals surface area contributed by atoms with Crippen LogP contribution in [0.1, 0.15) is 24.7 Å². The van der Waals surface area contributed by atoms with Gasteiger partial charge in [-0.2, -0.15) is 4.57 Å². The molecule has 0 spiro atoms. The van der Waals surface area contributed by atoms with Crippen LogP contribution in [0.15, 0.2) is 30.3 Å². The van der Waals surface area contributed by atoms with Gasteiger partial charge < -0.3 is 9.74 Å². The van der Waals surface area contributed by atoms with E-state index in [1.807, 2.05) is 6.07 Å². The van der Waals surface area contributed by atoms with Crippen molar-refractivity contribution in [1.29, 1.82) is 0 Å². The van der Waals surface area contributed by atoms with E-state index in [1.165, 1.54) is 17.2 Å². The van der Waals surface area contributed by atoms with E-state index in [-0.39, 0.29) is 26.5 Å². The largest absolute Gasteiger partial charge is 0.459 e. The van der Waals surface area contributed by atoms with E-state index >= 15 is 0 Å². The number of tetrazole rings is 1. The Morgan fingerprint density at radius 1 is 1.38 bits per heavy atom. The maximum atomic E-state index is 4.48. The van der Waals surface area contributed by atoms with Crippen molar-refractivity contribution in [3.63, 3.8) is 0 Å². The van der Waals surface area contributed by atoms with E-state index in [1.54, 1.807) is 0 Å². The van der Waals surface area contributed by atoms with Crippen molar-refractivity contribution in [2.75, 3.05) is 20.2 Å².